The minimum Gasteiger partial charge on any atom is -0.373 e. The SMILES string of the molecule is N#CC(=CNc1cc(C(F)(F)F)ccc1Cl)C(O)C#N. The van der Waals surface area contributed by atoms with Crippen LogP contribution in [0.3, 0.4) is 0 Å². The molecule has 20 heavy (non-hydrogen) atoms. The molecule has 0 saturated heterocycles. The Hall–Kier alpha value is -2.22. The van der Waals surface area contributed by atoms with Gasteiger partial charge in [-0.3, -0.25) is 0 Å². The van der Waals surface area contributed by atoms with Gasteiger partial charge in [0, 0.05) is 6.20 Å². The number of hydrogen-bond acceptors (Lipinski definition) is 4. The van der Waals surface area contributed by atoms with Crippen LogP contribution < -0.4 is 5.32 Å². The average Bonchev–Trinajstić information content (AvgIpc) is 2.39. The zero-order valence-electron chi connectivity index (χ0n) is 9.74. The molecule has 0 heterocycles. The third kappa shape index (κ3) is 3.89. The van der Waals surface area contributed by atoms with E-state index in [4.69, 9.17) is 27.2 Å². The summed E-state index contributed by atoms with van der Waals surface area (Å²) < 4.78 is 37.6. The van der Waals surface area contributed by atoms with Crippen LogP contribution >= 0.6 is 11.6 Å². The summed E-state index contributed by atoms with van der Waals surface area (Å²) in [5, 5.41) is 28.6. The van der Waals surface area contributed by atoms with Crippen molar-refractivity contribution in [1.29, 1.82) is 10.5 Å². The molecule has 1 atom stereocenters. The Kier molecular flexibility index (Phi) is 4.98. The highest BCUT2D eigenvalue weighted by Gasteiger charge is 2.30. The minimum atomic E-state index is -4.53. The van der Waals surface area contributed by atoms with Crippen LogP contribution in [0.2, 0.25) is 5.02 Å². The number of nitriles is 2. The maximum atomic E-state index is 12.5. The van der Waals surface area contributed by atoms with Crippen molar-refractivity contribution < 1.29 is 18.3 Å². The third-order valence-corrected chi connectivity index (χ3v) is 2.55. The average molecular weight is 302 g/mol. The number of aliphatic hydroxyl groups is 1. The van der Waals surface area contributed by atoms with Crippen LogP contribution in [0, 0.1) is 22.7 Å². The smallest absolute Gasteiger partial charge is 0.373 e. The molecule has 0 aliphatic carbocycles. The number of alkyl halides is 3. The largest absolute Gasteiger partial charge is 0.416 e. The number of nitrogens with one attached hydrogen (secondary N) is 1. The van der Waals surface area contributed by atoms with E-state index in [2.05, 4.69) is 5.32 Å². The summed E-state index contributed by atoms with van der Waals surface area (Å²) in [6.07, 6.45) is -5.28. The molecule has 0 radical (unpaired) electrons. The highest BCUT2D eigenvalue weighted by molar-refractivity contribution is 6.33. The fourth-order valence-corrected chi connectivity index (χ4v) is 1.38. The fraction of sp³-hybridized carbons (Fsp3) is 0.167. The molecule has 1 aromatic carbocycles. The first-order valence-electron chi connectivity index (χ1n) is 5.10. The van der Waals surface area contributed by atoms with E-state index in [9.17, 15) is 13.2 Å². The molecular weight excluding hydrogens is 295 g/mol. The van der Waals surface area contributed by atoms with Crippen molar-refractivity contribution in [3.8, 4) is 12.1 Å². The van der Waals surface area contributed by atoms with E-state index in [0.717, 1.165) is 24.4 Å². The first-order valence-corrected chi connectivity index (χ1v) is 5.48. The number of anilines is 1. The summed E-state index contributed by atoms with van der Waals surface area (Å²) in [7, 11) is 0. The topological polar surface area (TPSA) is 79.8 Å². The second kappa shape index (κ2) is 6.29. The summed E-state index contributed by atoms with van der Waals surface area (Å²) in [4.78, 5) is 0. The number of halogens is 4. The van der Waals surface area contributed by atoms with Gasteiger partial charge in [0.2, 0.25) is 0 Å². The molecule has 1 aromatic rings. The molecule has 8 heteroatoms. The Bertz CT molecular complexity index is 614. The lowest BCUT2D eigenvalue weighted by atomic mass is 10.1. The summed E-state index contributed by atoms with van der Waals surface area (Å²) in [6, 6.07) is 5.58. The predicted octanol–water partition coefficient (Wildman–Crippen LogP) is 3.06. The molecular formula is C12H7ClF3N3O. The molecule has 1 rings (SSSR count). The van der Waals surface area contributed by atoms with Crippen LogP contribution in [0.1, 0.15) is 5.56 Å². The van der Waals surface area contributed by atoms with Crippen LogP contribution in [-0.2, 0) is 6.18 Å². The van der Waals surface area contributed by atoms with Crippen molar-refractivity contribution >= 4 is 17.3 Å². The molecule has 0 saturated carbocycles. The summed E-state index contributed by atoms with van der Waals surface area (Å²) in [6.45, 7) is 0. The van der Waals surface area contributed by atoms with Gasteiger partial charge in [-0.05, 0) is 18.2 Å². The number of aliphatic hydroxyl groups excluding tert-OH is 1. The molecule has 1 unspecified atom stereocenters. The van der Waals surface area contributed by atoms with E-state index in [0.29, 0.717) is 0 Å². The van der Waals surface area contributed by atoms with Crippen LogP contribution in [0.25, 0.3) is 0 Å². The second-order valence-corrected chi connectivity index (χ2v) is 3.99. The van der Waals surface area contributed by atoms with Gasteiger partial charge in [0.1, 0.15) is 6.07 Å². The lowest BCUT2D eigenvalue weighted by molar-refractivity contribution is -0.137. The van der Waals surface area contributed by atoms with Crippen LogP contribution in [0.4, 0.5) is 18.9 Å². The van der Waals surface area contributed by atoms with E-state index in [1.807, 2.05) is 0 Å². The predicted molar refractivity (Wildman–Crippen MR) is 65.4 cm³/mol. The molecule has 0 bridgehead atoms. The van der Waals surface area contributed by atoms with E-state index in [-0.39, 0.29) is 16.3 Å². The van der Waals surface area contributed by atoms with Gasteiger partial charge in [-0.2, -0.15) is 23.7 Å². The summed E-state index contributed by atoms with van der Waals surface area (Å²) >= 11 is 5.72. The van der Waals surface area contributed by atoms with Crippen molar-refractivity contribution in [1.82, 2.24) is 0 Å². The normalized spacial score (nSPS) is 13.2. The highest BCUT2D eigenvalue weighted by Crippen LogP contribution is 2.33. The second-order valence-electron chi connectivity index (χ2n) is 3.58. The monoisotopic (exact) mass is 301 g/mol. The van der Waals surface area contributed by atoms with Gasteiger partial charge in [-0.25, -0.2) is 0 Å². The number of hydrogen-bond donors (Lipinski definition) is 2. The molecule has 0 fully saturated rings. The maximum absolute atomic E-state index is 12.5. The van der Waals surface area contributed by atoms with Crippen LogP contribution in [0.5, 0.6) is 0 Å². The third-order valence-electron chi connectivity index (χ3n) is 2.22. The van der Waals surface area contributed by atoms with Gasteiger partial charge in [0.05, 0.1) is 27.9 Å². The van der Waals surface area contributed by atoms with Gasteiger partial charge in [-0.15, -0.1) is 0 Å². The Labute approximate surface area is 117 Å². The molecule has 0 amide bonds. The molecule has 4 nitrogen and oxygen atoms in total. The summed E-state index contributed by atoms with van der Waals surface area (Å²) in [5.74, 6) is 0. The molecule has 104 valence electrons. The minimum absolute atomic E-state index is 0.00186. The van der Waals surface area contributed by atoms with Crippen molar-refractivity contribution in [2.24, 2.45) is 0 Å². The van der Waals surface area contributed by atoms with Gasteiger partial charge in [0.25, 0.3) is 0 Å². The molecule has 0 aliphatic heterocycles. The van der Waals surface area contributed by atoms with Crippen molar-refractivity contribution in [3.05, 3.63) is 40.6 Å². The lowest BCUT2D eigenvalue weighted by Gasteiger charge is -2.10. The van der Waals surface area contributed by atoms with Crippen molar-refractivity contribution in [2.75, 3.05) is 5.32 Å². The van der Waals surface area contributed by atoms with Gasteiger partial charge in [0.15, 0.2) is 6.10 Å². The molecule has 0 aliphatic rings. The number of benzene rings is 1. The van der Waals surface area contributed by atoms with Gasteiger partial charge in [-0.1, -0.05) is 11.6 Å². The van der Waals surface area contributed by atoms with Crippen LogP contribution in [0.15, 0.2) is 30.0 Å². The molecule has 0 aromatic heterocycles. The lowest BCUT2D eigenvalue weighted by Crippen LogP contribution is -2.08. The van der Waals surface area contributed by atoms with Gasteiger partial charge < -0.3 is 10.4 Å². The number of nitrogens with zero attached hydrogens (tertiary/aromatic N) is 2. The summed E-state index contributed by atoms with van der Waals surface area (Å²) in [5.41, 5.74) is -1.36. The van der Waals surface area contributed by atoms with Crippen LogP contribution in [-0.4, -0.2) is 11.2 Å². The van der Waals surface area contributed by atoms with E-state index >= 15 is 0 Å². The molecule has 2 N–H and O–H groups in total. The van der Waals surface area contributed by atoms with Crippen molar-refractivity contribution in [3.63, 3.8) is 0 Å². The Morgan fingerprint density at radius 3 is 2.55 bits per heavy atom. The Morgan fingerprint density at radius 1 is 1.40 bits per heavy atom. The highest BCUT2D eigenvalue weighted by atomic mass is 35.5. The molecule has 0 spiro atoms. The van der Waals surface area contributed by atoms with E-state index in [1.165, 1.54) is 6.07 Å². The zero-order valence-corrected chi connectivity index (χ0v) is 10.5. The first kappa shape index (κ1) is 15.8. The van der Waals surface area contributed by atoms with Crippen molar-refractivity contribution in [2.45, 2.75) is 12.3 Å². The van der Waals surface area contributed by atoms with Gasteiger partial charge >= 0.3 is 6.18 Å². The first-order chi connectivity index (χ1) is 9.29. The quantitative estimate of drug-likeness (QED) is 0.664. The standard InChI is InChI=1S/C12H7ClF3N3O/c13-9-2-1-8(12(14,15)16)3-10(9)19-6-7(4-17)11(20)5-18/h1-3,6,11,19-20H. The zero-order chi connectivity index (χ0) is 15.3. The van der Waals surface area contributed by atoms with E-state index < -0.39 is 17.8 Å². The number of rotatable bonds is 3. The fourth-order valence-electron chi connectivity index (χ4n) is 1.21. The maximum Gasteiger partial charge on any atom is 0.416 e. The Morgan fingerprint density at radius 2 is 2.05 bits per heavy atom. The van der Waals surface area contributed by atoms with E-state index in [1.54, 1.807) is 6.07 Å². The Balaban J connectivity index is 3.08.